The molecule has 1 rings (SSSR count). The minimum atomic E-state index is -1.55. The van der Waals surface area contributed by atoms with Gasteiger partial charge in [-0.15, -0.1) is 0 Å². The van der Waals surface area contributed by atoms with Gasteiger partial charge in [0.2, 0.25) is 5.82 Å². The minimum absolute atomic E-state index is 0.0295. The van der Waals surface area contributed by atoms with Crippen molar-refractivity contribution in [3.63, 3.8) is 0 Å². The van der Waals surface area contributed by atoms with Crippen LogP contribution in [0.3, 0.4) is 0 Å². The lowest BCUT2D eigenvalue weighted by Crippen LogP contribution is -2.05. The fourth-order valence-corrected chi connectivity index (χ4v) is 1.41. The Morgan fingerprint density at radius 1 is 1.57 bits per heavy atom. The Hall–Kier alpha value is -1.50. The van der Waals surface area contributed by atoms with E-state index in [2.05, 4.69) is 15.9 Å². The lowest BCUT2D eigenvalue weighted by Gasteiger charge is -2.00. The highest BCUT2D eigenvalue weighted by Crippen LogP contribution is 2.29. The van der Waals surface area contributed by atoms with E-state index >= 15 is 0 Å². The van der Waals surface area contributed by atoms with Gasteiger partial charge in [-0.05, 0) is 28.1 Å². The van der Waals surface area contributed by atoms with Crippen molar-refractivity contribution in [1.82, 2.24) is 0 Å². The van der Waals surface area contributed by atoms with E-state index in [9.17, 15) is 19.3 Å². The molecule has 1 N–H and O–H groups in total. The first-order chi connectivity index (χ1) is 6.45. The second-order valence-corrected chi connectivity index (χ2v) is 3.17. The molecule has 0 amide bonds. The van der Waals surface area contributed by atoms with Crippen molar-refractivity contribution in [3.05, 3.63) is 38.1 Å². The molecule has 0 saturated heterocycles. The predicted molar refractivity (Wildman–Crippen MR) is 47.7 cm³/mol. The Morgan fingerprint density at radius 2 is 2.14 bits per heavy atom. The third-order valence-electron chi connectivity index (χ3n) is 1.47. The molecule has 0 bridgehead atoms. The van der Waals surface area contributed by atoms with Crippen molar-refractivity contribution >= 4 is 27.6 Å². The monoisotopic (exact) mass is 263 g/mol. The Balaban J connectivity index is 3.58. The number of rotatable bonds is 2. The fraction of sp³-hybridized carbons (Fsp3) is 0. The molecule has 0 heterocycles. The van der Waals surface area contributed by atoms with Crippen LogP contribution in [-0.2, 0) is 0 Å². The molecule has 1 aromatic rings. The van der Waals surface area contributed by atoms with Crippen molar-refractivity contribution in [1.29, 1.82) is 0 Å². The number of benzene rings is 1. The van der Waals surface area contributed by atoms with Gasteiger partial charge in [-0.3, -0.25) is 10.1 Å². The average Bonchev–Trinajstić information content (AvgIpc) is 2.07. The number of hydrogen-bond acceptors (Lipinski definition) is 3. The molecule has 7 heteroatoms. The third-order valence-corrected chi connectivity index (χ3v) is 2.14. The van der Waals surface area contributed by atoms with E-state index in [4.69, 9.17) is 5.11 Å². The van der Waals surface area contributed by atoms with Gasteiger partial charge in [0.05, 0.1) is 4.92 Å². The molecule has 0 saturated carbocycles. The lowest BCUT2D eigenvalue weighted by atomic mass is 10.2. The predicted octanol–water partition coefficient (Wildman–Crippen LogP) is 2.19. The van der Waals surface area contributed by atoms with E-state index < -0.39 is 28.0 Å². The summed E-state index contributed by atoms with van der Waals surface area (Å²) >= 11 is 2.80. The molecule has 1 aromatic carbocycles. The highest BCUT2D eigenvalue weighted by Gasteiger charge is 2.27. The number of nitro groups is 1. The zero-order valence-corrected chi connectivity index (χ0v) is 8.12. The summed E-state index contributed by atoms with van der Waals surface area (Å²) in [6.07, 6.45) is 0. The maximum absolute atomic E-state index is 12.9. The first-order valence-electron chi connectivity index (χ1n) is 3.31. The highest BCUT2D eigenvalue weighted by atomic mass is 79.9. The van der Waals surface area contributed by atoms with E-state index in [-0.39, 0.29) is 4.47 Å². The number of nitrogens with zero attached hydrogens (tertiary/aromatic N) is 1. The third kappa shape index (κ3) is 1.72. The summed E-state index contributed by atoms with van der Waals surface area (Å²) in [6.45, 7) is 0. The van der Waals surface area contributed by atoms with Crippen LogP contribution in [0.2, 0.25) is 0 Å². The average molecular weight is 264 g/mol. The molecule has 14 heavy (non-hydrogen) atoms. The maximum atomic E-state index is 12.9. The minimum Gasteiger partial charge on any atom is -0.477 e. The molecule has 5 nitrogen and oxygen atoms in total. The first-order valence-corrected chi connectivity index (χ1v) is 4.10. The van der Waals surface area contributed by atoms with Crippen LogP contribution in [0.1, 0.15) is 10.4 Å². The zero-order valence-electron chi connectivity index (χ0n) is 6.53. The summed E-state index contributed by atoms with van der Waals surface area (Å²) in [6, 6.07) is 1.93. The van der Waals surface area contributed by atoms with Crippen LogP contribution in [0.15, 0.2) is 16.6 Å². The topological polar surface area (TPSA) is 80.4 Å². The fourth-order valence-electron chi connectivity index (χ4n) is 0.923. The van der Waals surface area contributed by atoms with Crippen LogP contribution in [0.25, 0.3) is 0 Å². The molecule has 0 atom stereocenters. The van der Waals surface area contributed by atoms with Gasteiger partial charge in [0.25, 0.3) is 0 Å². The Kier molecular flexibility index (Phi) is 2.80. The largest absolute Gasteiger partial charge is 0.477 e. The molecule has 0 fully saturated rings. The molecular formula is C7H3BrFNO4. The number of halogens is 2. The number of hydrogen-bond donors (Lipinski definition) is 1. The maximum Gasteiger partial charge on any atom is 0.344 e. The van der Waals surface area contributed by atoms with Crippen LogP contribution < -0.4 is 0 Å². The molecule has 0 aliphatic carbocycles. The van der Waals surface area contributed by atoms with Gasteiger partial charge in [-0.1, -0.05) is 0 Å². The SMILES string of the molecule is O=C(O)c1c(Br)ccc(F)c1[N+](=O)[O-]. The van der Waals surface area contributed by atoms with Crippen molar-refractivity contribution < 1.29 is 19.2 Å². The Bertz CT molecular complexity index is 381. The van der Waals surface area contributed by atoms with Crippen molar-refractivity contribution in [3.8, 4) is 0 Å². The van der Waals surface area contributed by atoms with Gasteiger partial charge < -0.3 is 5.11 Å². The number of carbonyl (C=O) groups is 1. The lowest BCUT2D eigenvalue weighted by molar-refractivity contribution is -0.387. The second-order valence-electron chi connectivity index (χ2n) is 2.32. The van der Waals surface area contributed by atoms with Gasteiger partial charge >= 0.3 is 11.7 Å². The standard InChI is InChI=1S/C7H3BrFNO4/c8-3-1-2-4(9)6(10(13)14)5(3)7(11)12/h1-2H,(H,11,12). The summed E-state index contributed by atoms with van der Waals surface area (Å²) in [7, 11) is 0. The summed E-state index contributed by atoms with van der Waals surface area (Å²) in [5.41, 5.74) is -1.72. The van der Waals surface area contributed by atoms with Crippen LogP contribution in [0.4, 0.5) is 10.1 Å². The molecule has 0 radical (unpaired) electrons. The second kappa shape index (κ2) is 3.70. The summed E-state index contributed by atoms with van der Waals surface area (Å²) in [5.74, 6) is -2.72. The summed E-state index contributed by atoms with van der Waals surface area (Å²) in [4.78, 5) is 19.9. The number of nitro benzene ring substituents is 1. The molecule has 74 valence electrons. The number of aromatic carboxylic acids is 1. The van der Waals surface area contributed by atoms with Gasteiger partial charge in [-0.2, -0.15) is 4.39 Å². The van der Waals surface area contributed by atoms with E-state index in [1.54, 1.807) is 0 Å². The number of carboxylic acid groups (broad SMARTS) is 1. The quantitative estimate of drug-likeness (QED) is 0.655. The summed E-state index contributed by atoms with van der Waals surface area (Å²) < 4.78 is 12.9. The van der Waals surface area contributed by atoms with E-state index in [1.807, 2.05) is 0 Å². The van der Waals surface area contributed by atoms with E-state index in [0.717, 1.165) is 12.1 Å². The zero-order chi connectivity index (χ0) is 10.9. The molecule has 0 spiro atoms. The van der Waals surface area contributed by atoms with Crippen molar-refractivity contribution in [2.75, 3.05) is 0 Å². The van der Waals surface area contributed by atoms with E-state index in [0.29, 0.717) is 0 Å². The first kappa shape index (κ1) is 10.6. The summed E-state index contributed by atoms with van der Waals surface area (Å²) in [5, 5.41) is 19.0. The smallest absolute Gasteiger partial charge is 0.344 e. The van der Waals surface area contributed by atoms with Gasteiger partial charge in [-0.25, -0.2) is 4.79 Å². The van der Waals surface area contributed by atoms with Gasteiger partial charge in [0.15, 0.2) is 5.56 Å². The molecule has 0 aliphatic rings. The Morgan fingerprint density at radius 3 is 2.50 bits per heavy atom. The van der Waals surface area contributed by atoms with Crippen LogP contribution >= 0.6 is 15.9 Å². The highest BCUT2D eigenvalue weighted by molar-refractivity contribution is 9.10. The number of carboxylic acids is 1. The van der Waals surface area contributed by atoms with Crippen molar-refractivity contribution in [2.24, 2.45) is 0 Å². The molecule has 0 aromatic heterocycles. The van der Waals surface area contributed by atoms with Crippen LogP contribution in [0.5, 0.6) is 0 Å². The van der Waals surface area contributed by atoms with Gasteiger partial charge in [0.1, 0.15) is 0 Å². The van der Waals surface area contributed by atoms with E-state index in [1.165, 1.54) is 0 Å². The van der Waals surface area contributed by atoms with Crippen LogP contribution in [-0.4, -0.2) is 16.0 Å². The van der Waals surface area contributed by atoms with Crippen molar-refractivity contribution in [2.45, 2.75) is 0 Å². The molecule has 0 aliphatic heterocycles. The van der Waals surface area contributed by atoms with Crippen LogP contribution in [0, 0.1) is 15.9 Å². The molecular weight excluding hydrogens is 261 g/mol. The van der Waals surface area contributed by atoms with Gasteiger partial charge in [0, 0.05) is 4.47 Å². The Labute approximate surface area is 85.4 Å². The normalized spacial score (nSPS) is 9.86. The molecule has 0 unspecified atom stereocenters.